The Balaban J connectivity index is 0.000000171. The maximum atomic E-state index is 8.36. The highest BCUT2D eigenvalue weighted by atomic mass is 31.1. The third-order valence-corrected chi connectivity index (χ3v) is 20.1. The molecular weight excluding hydrogens is 556 g/mol. The molecule has 4 nitrogen and oxygen atoms in total. The first-order chi connectivity index (χ1) is 20.6. The van der Waals surface area contributed by atoms with Crippen LogP contribution in [0.15, 0.2) is 0 Å². The number of hydrogen-bond donors (Lipinski definition) is 1. The predicted molar refractivity (Wildman–Crippen MR) is 184 cm³/mol. The van der Waals surface area contributed by atoms with Crippen LogP contribution in [0.3, 0.4) is 0 Å². The first-order valence-corrected chi connectivity index (χ1v) is 22.1. The van der Waals surface area contributed by atoms with Crippen molar-refractivity contribution in [2.75, 3.05) is 0 Å². The van der Waals surface area contributed by atoms with Gasteiger partial charge >= 0.3 is 0 Å². The Bertz CT molecular complexity index is 559. The zero-order chi connectivity index (χ0) is 29.4. The molecule has 0 spiro atoms. The Kier molecular flexibility index (Phi) is 16.8. The summed E-state index contributed by atoms with van der Waals surface area (Å²) in [5.41, 5.74) is 7.14. The molecule has 0 radical (unpaired) electrons. The van der Waals surface area contributed by atoms with Gasteiger partial charge in [-0.25, -0.2) is 0 Å². The highest BCUT2D eigenvalue weighted by Crippen LogP contribution is 2.63. The van der Waals surface area contributed by atoms with Gasteiger partial charge in [0.15, 0.2) is 0 Å². The molecule has 0 aromatic heterocycles. The zero-order valence-electron chi connectivity index (χ0n) is 27.3. The molecule has 0 saturated heterocycles. The van der Waals surface area contributed by atoms with Gasteiger partial charge in [-0.15, -0.1) is 10.1 Å². The first-order valence-electron chi connectivity index (χ1n) is 19.0. The second kappa shape index (κ2) is 20.2. The van der Waals surface area contributed by atoms with Gasteiger partial charge < -0.3 is 5.21 Å². The van der Waals surface area contributed by atoms with E-state index >= 15 is 0 Å². The first kappa shape index (κ1) is 34.9. The minimum Gasteiger partial charge on any atom is -0.328 e. The van der Waals surface area contributed by atoms with Crippen molar-refractivity contribution in [2.45, 2.75) is 227 Å². The molecule has 6 saturated carbocycles. The molecule has 0 unspecified atom stereocenters. The van der Waals surface area contributed by atoms with Crippen LogP contribution in [0.2, 0.25) is 0 Å². The third kappa shape index (κ3) is 11.8. The highest BCUT2D eigenvalue weighted by Gasteiger charge is 2.37. The lowest BCUT2D eigenvalue weighted by molar-refractivity contribution is -0.742. The number of hydrogen-bond acceptors (Lipinski definition) is 2. The van der Waals surface area contributed by atoms with Crippen LogP contribution in [-0.4, -0.2) is 44.2 Å². The Morgan fingerprint density at radius 1 is 0.357 bits per heavy atom. The van der Waals surface area contributed by atoms with Crippen LogP contribution in [-0.2, 0) is 0 Å². The summed E-state index contributed by atoms with van der Waals surface area (Å²) in [6.07, 6.45) is 47.2. The van der Waals surface area contributed by atoms with E-state index in [2.05, 4.69) is 0 Å². The Labute approximate surface area is 262 Å². The van der Waals surface area contributed by atoms with Gasteiger partial charge in [-0.2, -0.15) is 0 Å². The fourth-order valence-corrected chi connectivity index (χ4v) is 19.4. The van der Waals surface area contributed by atoms with E-state index in [1.165, 1.54) is 72.5 Å². The summed E-state index contributed by atoms with van der Waals surface area (Å²) in [7, 11) is 0.770. The minimum atomic E-state index is -1.50. The Hall–Kier alpha value is 0.0600. The monoisotopic (exact) mass is 623 g/mol. The molecule has 42 heavy (non-hydrogen) atoms. The summed E-state index contributed by atoms with van der Waals surface area (Å²) in [4.78, 5) is 8.36. The zero-order valence-corrected chi connectivity index (χ0v) is 29.1. The average molecular weight is 624 g/mol. The molecule has 6 fully saturated rings. The molecule has 0 amide bonds. The highest BCUT2D eigenvalue weighted by molar-refractivity contribution is 7.60. The molecule has 0 aromatic carbocycles. The molecule has 6 aliphatic rings. The summed E-state index contributed by atoms with van der Waals surface area (Å²) in [5.74, 6) is 0. The molecule has 6 rings (SSSR count). The molecule has 6 aliphatic carbocycles. The molecule has 0 heterocycles. The fourth-order valence-electron chi connectivity index (χ4n) is 10.1. The van der Waals surface area contributed by atoms with Crippen LogP contribution in [0.1, 0.15) is 193 Å². The third-order valence-electron chi connectivity index (χ3n) is 12.0. The maximum absolute atomic E-state index is 8.36. The minimum absolute atomic E-state index is 0.385. The molecule has 0 bridgehead atoms. The van der Waals surface area contributed by atoms with Gasteiger partial charge in [0.05, 0.1) is 0 Å². The molecule has 244 valence electrons. The van der Waals surface area contributed by atoms with E-state index in [1.54, 1.807) is 154 Å². The molecule has 1 N–H and O–H groups in total. The van der Waals surface area contributed by atoms with E-state index in [9.17, 15) is 0 Å². The van der Waals surface area contributed by atoms with Gasteiger partial charge in [0.2, 0.25) is 0 Å². The second-order valence-electron chi connectivity index (χ2n) is 14.9. The van der Waals surface area contributed by atoms with Crippen molar-refractivity contribution in [1.82, 2.24) is 0 Å². The van der Waals surface area contributed by atoms with Crippen LogP contribution >= 0.6 is 15.8 Å². The summed E-state index contributed by atoms with van der Waals surface area (Å²) in [6, 6.07) is 0. The van der Waals surface area contributed by atoms with E-state index in [0.29, 0.717) is 15.8 Å². The molecule has 6 heteroatoms. The van der Waals surface area contributed by atoms with Gasteiger partial charge in [0.1, 0.15) is 0 Å². The summed E-state index contributed by atoms with van der Waals surface area (Å²) < 4.78 is 0. The van der Waals surface area contributed by atoms with E-state index in [-0.39, 0.29) is 0 Å². The summed E-state index contributed by atoms with van der Waals surface area (Å²) in [5, 5.41) is 13.6. The van der Waals surface area contributed by atoms with Gasteiger partial charge in [-0.3, -0.25) is 0 Å². The van der Waals surface area contributed by atoms with E-state index < -0.39 is 5.09 Å². The van der Waals surface area contributed by atoms with Crippen LogP contribution in [0, 0.1) is 10.1 Å². The summed E-state index contributed by atoms with van der Waals surface area (Å²) >= 11 is 0. The lowest BCUT2D eigenvalue weighted by Gasteiger charge is -2.44. The van der Waals surface area contributed by atoms with Gasteiger partial charge in [0, 0.05) is 0 Å². The topological polar surface area (TPSA) is 63.4 Å². The van der Waals surface area contributed by atoms with Gasteiger partial charge in [-0.1, -0.05) is 131 Å². The van der Waals surface area contributed by atoms with E-state index in [0.717, 1.165) is 0 Å². The van der Waals surface area contributed by atoms with Crippen molar-refractivity contribution in [1.29, 1.82) is 0 Å². The van der Waals surface area contributed by atoms with Crippen LogP contribution in [0.4, 0.5) is 0 Å². The van der Waals surface area contributed by atoms with Gasteiger partial charge in [0.25, 0.3) is 5.09 Å². The van der Waals surface area contributed by atoms with E-state index in [4.69, 9.17) is 15.3 Å². The largest absolute Gasteiger partial charge is 0.328 e. The molecular formula is C36H67NO3P2. The predicted octanol–water partition coefficient (Wildman–Crippen LogP) is 12.6. The fraction of sp³-hybridized carbons (Fsp3) is 1.00. The quantitative estimate of drug-likeness (QED) is 0.182. The van der Waals surface area contributed by atoms with Gasteiger partial charge in [-0.05, 0) is 111 Å². The number of nitrogens with zero attached hydrogens (tertiary/aromatic N) is 1. The average Bonchev–Trinajstić information content (AvgIpc) is 3.05. The summed E-state index contributed by atoms with van der Waals surface area (Å²) in [6.45, 7) is 0. The molecule has 0 aromatic rings. The maximum Gasteiger partial charge on any atom is 0.291 e. The standard InChI is InChI=1S/2C18H33P.HNO3/c2*1-4-10-16(11-5-1)19(17-12-6-2-7-13-17)18-14-8-3-9-15-18;2-1(3)4/h2*16-18H,1-15H2;(H,2,3,4). The van der Waals surface area contributed by atoms with Crippen LogP contribution in [0.25, 0.3) is 0 Å². The lowest BCUT2D eigenvalue weighted by Crippen LogP contribution is -2.28. The lowest BCUT2D eigenvalue weighted by atomic mass is 9.99. The Morgan fingerprint density at radius 3 is 0.595 bits per heavy atom. The van der Waals surface area contributed by atoms with E-state index in [1.807, 2.05) is 0 Å². The smallest absolute Gasteiger partial charge is 0.291 e. The van der Waals surface area contributed by atoms with Crippen molar-refractivity contribution in [2.24, 2.45) is 0 Å². The van der Waals surface area contributed by atoms with Crippen molar-refractivity contribution < 1.29 is 10.3 Å². The molecule has 0 aliphatic heterocycles. The van der Waals surface area contributed by atoms with Crippen LogP contribution in [0.5, 0.6) is 0 Å². The molecule has 0 atom stereocenters. The second-order valence-corrected chi connectivity index (χ2v) is 21.1. The van der Waals surface area contributed by atoms with Crippen molar-refractivity contribution in [3.05, 3.63) is 10.1 Å². The van der Waals surface area contributed by atoms with Crippen LogP contribution < -0.4 is 0 Å². The normalized spacial score (nSPS) is 26.7. The SMILES string of the molecule is C1CCC(P(C2CCCCC2)C2CCCCC2)CC1.C1CCC(P(C2CCCCC2)C2CCCCC2)CC1.O=[N+]([O-])O. The van der Waals surface area contributed by atoms with Crippen molar-refractivity contribution in [3.63, 3.8) is 0 Å². The Morgan fingerprint density at radius 2 is 0.476 bits per heavy atom. The number of rotatable bonds is 6. The van der Waals surface area contributed by atoms with Crippen molar-refractivity contribution in [3.8, 4) is 0 Å². The van der Waals surface area contributed by atoms with Crippen molar-refractivity contribution >= 4 is 15.8 Å².